The summed E-state index contributed by atoms with van der Waals surface area (Å²) in [4.78, 5) is 13.0. The number of halogens is 1. The highest BCUT2D eigenvalue weighted by molar-refractivity contribution is 6.31. The van der Waals surface area contributed by atoms with Crippen molar-refractivity contribution in [2.75, 3.05) is 5.32 Å². The van der Waals surface area contributed by atoms with Crippen LogP contribution in [0.2, 0.25) is 5.02 Å². The van der Waals surface area contributed by atoms with Gasteiger partial charge in [-0.25, -0.2) is 0 Å². The van der Waals surface area contributed by atoms with Gasteiger partial charge in [0, 0.05) is 11.8 Å². The predicted octanol–water partition coefficient (Wildman–Crippen LogP) is 5.15. The minimum absolute atomic E-state index is 0.211. The third-order valence-electron chi connectivity index (χ3n) is 5.90. The highest BCUT2D eigenvalue weighted by Gasteiger charge is 2.22. The van der Waals surface area contributed by atoms with Crippen LogP contribution in [0, 0.1) is 20.8 Å². The number of fused-ring (bicyclic) bond motifs is 1. The van der Waals surface area contributed by atoms with E-state index in [1.54, 1.807) is 28.7 Å². The molecule has 0 fully saturated rings. The fourth-order valence-electron chi connectivity index (χ4n) is 4.04. The number of rotatable bonds is 6. The van der Waals surface area contributed by atoms with Crippen LogP contribution in [0.3, 0.4) is 0 Å². The highest BCUT2D eigenvalue weighted by Crippen LogP contribution is 2.23. The van der Waals surface area contributed by atoms with Gasteiger partial charge in [0.25, 0.3) is 5.91 Å². The zero-order valence-corrected chi connectivity index (χ0v) is 19.8. The van der Waals surface area contributed by atoms with Gasteiger partial charge in [0.15, 0.2) is 5.69 Å². The average molecular weight is 475 g/mol. The number of anilines is 1. The van der Waals surface area contributed by atoms with E-state index < -0.39 is 0 Å². The summed E-state index contributed by atoms with van der Waals surface area (Å²) in [6.45, 7) is 6.42. The van der Waals surface area contributed by atoms with Gasteiger partial charge in [0.2, 0.25) is 0 Å². The van der Waals surface area contributed by atoms with Crippen LogP contribution in [0.1, 0.15) is 38.8 Å². The zero-order valence-electron chi connectivity index (χ0n) is 19.0. The van der Waals surface area contributed by atoms with E-state index in [4.69, 9.17) is 16.1 Å². The minimum Gasteiger partial charge on any atom is -0.361 e. The molecule has 2 aromatic carbocycles. The molecule has 0 saturated heterocycles. The molecule has 0 spiro atoms. The topological polar surface area (TPSA) is 90.8 Å². The molecule has 0 aliphatic rings. The van der Waals surface area contributed by atoms with E-state index in [2.05, 4.69) is 44.9 Å². The van der Waals surface area contributed by atoms with Crippen molar-refractivity contribution in [3.63, 3.8) is 0 Å². The summed E-state index contributed by atoms with van der Waals surface area (Å²) in [6.07, 6.45) is 3.42. The van der Waals surface area contributed by atoms with Crippen molar-refractivity contribution in [1.82, 2.24) is 24.7 Å². The fraction of sp³-hybridized carbons (Fsp3) is 0.200. The normalized spacial score (nSPS) is 11.3. The molecule has 0 aliphatic heterocycles. The Bertz CT molecular complexity index is 1510. The second kappa shape index (κ2) is 8.79. The van der Waals surface area contributed by atoms with E-state index in [0.717, 1.165) is 17.0 Å². The first-order valence-corrected chi connectivity index (χ1v) is 11.2. The summed E-state index contributed by atoms with van der Waals surface area (Å²) >= 11 is 6.27. The molecule has 172 valence electrons. The Hall–Kier alpha value is -3.91. The monoisotopic (exact) mass is 474 g/mol. The van der Waals surface area contributed by atoms with Crippen molar-refractivity contribution in [1.29, 1.82) is 0 Å². The SMILES string of the molecule is Cc1nn(Cc2c(C(=O)Nc3cnn(Cc4cccc5ccccc45)c3)noc2C)c(C)c1Cl. The molecule has 0 radical (unpaired) electrons. The molecule has 1 N–H and O–H groups in total. The molecule has 0 atom stereocenters. The van der Waals surface area contributed by atoms with Gasteiger partial charge in [0.1, 0.15) is 5.76 Å². The highest BCUT2D eigenvalue weighted by atomic mass is 35.5. The lowest BCUT2D eigenvalue weighted by molar-refractivity contribution is 0.101. The molecule has 5 aromatic rings. The molecule has 9 heteroatoms. The maximum atomic E-state index is 13.0. The number of hydrogen-bond acceptors (Lipinski definition) is 5. The van der Waals surface area contributed by atoms with Gasteiger partial charge in [-0.3, -0.25) is 14.2 Å². The van der Waals surface area contributed by atoms with Crippen molar-refractivity contribution in [3.8, 4) is 0 Å². The van der Waals surface area contributed by atoms with Crippen LogP contribution >= 0.6 is 11.6 Å². The lowest BCUT2D eigenvalue weighted by Gasteiger charge is -2.07. The molecule has 3 aromatic heterocycles. The van der Waals surface area contributed by atoms with Crippen LogP contribution in [0.15, 0.2) is 59.4 Å². The Morgan fingerprint density at radius 2 is 1.88 bits per heavy atom. The van der Waals surface area contributed by atoms with Gasteiger partial charge in [-0.1, -0.05) is 59.2 Å². The molecular weight excluding hydrogens is 452 g/mol. The maximum Gasteiger partial charge on any atom is 0.278 e. The fourth-order valence-corrected chi connectivity index (χ4v) is 4.18. The van der Waals surface area contributed by atoms with Crippen molar-refractivity contribution in [2.45, 2.75) is 33.9 Å². The summed E-state index contributed by atoms with van der Waals surface area (Å²) in [7, 11) is 0. The molecule has 8 nitrogen and oxygen atoms in total. The Morgan fingerprint density at radius 3 is 2.68 bits per heavy atom. The van der Waals surface area contributed by atoms with E-state index in [1.807, 2.05) is 32.0 Å². The van der Waals surface area contributed by atoms with Gasteiger partial charge < -0.3 is 9.84 Å². The van der Waals surface area contributed by atoms with Crippen molar-refractivity contribution in [2.24, 2.45) is 0 Å². The molecular formula is C25H23ClN6O2. The first-order chi connectivity index (χ1) is 16.4. The number of carbonyl (C=O) groups excluding carboxylic acids is 1. The van der Waals surface area contributed by atoms with Gasteiger partial charge in [-0.15, -0.1) is 0 Å². The van der Waals surface area contributed by atoms with E-state index in [1.165, 1.54) is 10.8 Å². The second-order valence-corrected chi connectivity index (χ2v) is 8.61. The van der Waals surface area contributed by atoms with E-state index >= 15 is 0 Å². The predicted molar refractivity (Wildman–Crippen MR) is 130 cm³/mol. The number of amides is 1. The number of benzene rings is 2. The molecule has 34 heavy (non-hydrogen) atoms. The number of aryl methyl sites for hydroxylation is 2. The third-order valence-corrected chi connectivity index (χ3v) is 6.45. The zero-order chi connectivity index (χ0) is 23.8. The average Bonchev–Trinajstić information content (AvgIpc) is 3.49. The van der Waals surface area contributed by atoms with Crippen molar-refractivity contribution in [3.05, 3.63) is 93.8 Å². The van der Waals surface area contributed by atoms with Crippen molar-refractivity contribution < 1.29 is 9.32 Å². The summed E-state index contributed by atoms with van der Waals surface area (Å²) in [5, 5.41) is 18.7. The number of nitrogens with one attached hydrogen (secondary N) is 1. The maximum absolute atomic E-state index is 13.0. The van der Waals surface area contributed by atoms with Crippen LogP contribution in [0.5, 0.6) is 0 Å². The Morgan fingerprint density at radius 1 is 1.09 bits per heavy atom. The number of hydrogen-bond donors (Lipinski definition) is 1. The van der Waals surface area contributed by atoms with Gasteiger partial charge in [-0.05, 0) is 37.1 Å². The van der Waals surface area contributed by atoms with Crippen LogP contribution in [0.4, 0.5) is 5.69 Å². The lowest BCUT2D eigenvalue weighted by Crippen LogP contribution is -2.16. The molecule has 0 bridgehead atoms. The molecule has 0 saturated carbocycles. The largest absolute Gasteiger partial charge is 0.361 e. The number of aromatic nitrogens is 5. The van der Waals surface area contributed by atoms with Crippen LogP contribution < -0.4 is 5.32 Å². The lowest BCUT2D eigenvalue weighted by atomic mass is 10.0. The summed E-state index contributed by atoms with van der Waals surface area (Å²) in [5.74, 6) is 0.185. The first-order valence-electron chi connectivity index (χ1n) is 10.9. The molecule has 3 heterocycles. The first kappa shape index (κ1) is 21.9. The summed E-state index contributed by atoms with van der Waals surface area (Å²) in [6, 6.07) is 14.4. The number of nitrogens with zero attached hydrogens (tertiary/aromatic N) is 5. The number of carbonyl (C=O) groups is 1. The van der Waals surface area contributed by atoms with Gasteiger partial charge >= 0.3 is 0 Å². The van der Waals surface area contributed by atoms with Gasteiger partial charge in [-0.2, -0.15) is 10.2 Å². The minimum atomic E-state index is -0.371. The Kier molecular flexibility index (Phi) is 5.67. The standard InChI is InChI=1S/C25H23ClN6O2/c1-15-23(26)16(2)32(29-15)14-22-17(3)34-30-24(22)25(33)28-20-11-27-31(13-20)12-19-9-6-8-18-7-4-5-10-21(18)19/h4-11,13H,12,14H2,1-3H3,(H,28,33). The van der Waals surface area contributed by atoms with Crippen molar-refractivity contribution >= 4 is 34.0 Å². The summed E-state index contributed by atoms with van der Waals surface area (Å²) in [5.41, 5.74) is 4.15. The second-order valence-electron chi connectivity index (χ2n) is 8.23. The molecule has 1 amide bonds. The van der Waals surface area contributed by atoms with E-state index in [0.29, 0.717) is 35.1 Å². The van der Waals surface area contributed by atoms with Crippen LogP contribution in [-0.2, 0) is 13.1 Å². The third kappa shape index (κ3) is 4.08. The molecule has 5 rings (SSSR count). The van der Waals surface area contributed by atoms with Crippen LogP contribution in [-0.4, -0.2) is 30.6 Å². The Labute approximate surface area is 201 Å². The molecule has 0 aliphatic carbocycles. The van der Waals surface area contributed by atoms with Crippen LogP contribution in [0.25, 0.3) is 10.8 Å². The van der Waals surface area contributed by atoms with E-state index in [-0.39, 0.29) is 11.6 Å². The Balaban J connectivity index is 1.33. The quantitative estimate of drug-likeness (QED) is 0.367. The van der Waals surface area contributed by atoms with Gasteiger partial charge in [0.05, 0.1) is 41.4 Å². The van der Waals surface area contributed by atoms with E-state index in [9.17, 15) is 4.79 Å². The summed E-state index contributed by atoms with van der Waals surface area (Å²) < 4.78 is 8.87. The smallest absolute Gasteiger partial charge is 0.278 e. The molecule has 0 unspecified atom stereocenters.